The van der Waals surface area contributed by atoms with Crippen LogP contribution in [-0.2, 0) is 14.3 Å². The lowest BCUT2D eigenvalue weighted by atomic mass is 10.1. The van der Waals surface area contributed by atoms with Crippen molar-refractivity contribution in [2.45, 2.75) is 24.8 Å². The van der Waals surface area contributed by atoms with E-state index < -0.39 is 16.3 Å². The van der Waals surface area contributed by atoms with Gasteiger partial charge in [0.25, 0.3) is 0 Å². The molecule has 0 radical (unpaired) electrons. The van der Waals surface area contributed by atoms with Gasteiger partial charge in [-0.25, -0.2) is 0 Å². The largest absolute Gasteiger partial charge is 0.434 e. The summed E-state index contributed by atoms with van der Waals surface area (Å²) in [5.74, 6) is -0.395. The van der Waals surface area contributed by atoms with Crippen molar-refractivity contribution in [3.63, 3.8) is 0 Å². The van der Waals surface area contributed by atoms with Gasteiger partial charge in [0.15, 0.2) is 0 Å². The molecule has 128 valence electrons. The van der Waals surface area contributed by atoms with Crippen LogP contribution in [0.15, 0.2) is 46.1 Å². The predicted molar refractivity (Wildman–Crippen MR) is 94.8 cm³/mol. The van der Waals surface area contributed by atoms with Gasteiger partial charge in [0.1, 0.15) is 0 Å². The van der Waals surface area contributed by atoms with E-state index in [1.54, 1.807) is 18.6 Å². The molecule has 0 saturated carbocycles. The number of hydrogen-bond donors (Lipinski definition) is 1. The van der Waals surface area contributed by atoms with Crippen molar-refractivity contribution in [1.82, 2.24) is 10.3 Å². The molecule has 1 N–H and O–H groups in total. The SMILES string of the molecule is CC(=O)OC1(NCC(=O)Cl)CC2=C(CCN=C2)S1.c1ccncc1. The second-order valence-corrected chi connectivity index (χ2v) is 6.87. The molecule has 6 nitrogen and oxygen atoms in total. The first kappa shape index (κ1) is 18.6. The van der Waals surface area contributed by atoms with Crippen LogP contribution in [0.2, 0.25) is 0 Å². The number of pyridine rings is 1. The van der Waals surface area contributed by atoms with Gasteiger partial charge < -0.3 is 4.74 Å². The van der Waals surface area contributed by atoms with E-state index in [0.717, 1.165) is 23.4 Å². The van der Waals surface area contributed by atoms with E-state index in [1.165, 1.54) is 18.7 Å². The summed E-state index contributed by atoms with van der Waals surface area (Å²) in [6, 6.07) is 5.72. The Hall–Kier alpha value is -1.70. The van der Waals surface area contributed by atoms with Crippen molar-refractivity contribution in [3.05, 3.63) is 41.1 Å². The first-order valence-corrected chi connectivity index (χ1v) is 8.59. The van der Waals surface area contributed by atoms with Gasteiger partial charge in [-0.1, -0.05) is 17.8 Å². The van der Waals surface area contributed by atoms with Crippen LogP contribution in [0, 0.1) is 0 Å². The molecule has 0 aliphatic carbocycles. The van der Waals surface area contributed by atoms with Gasteiger partial charge in [0.2, 0.25) is 10.3 Å². The number of carbonyl (C=O) groups excluding carboxylic acids is 2. The van der Waals surface area contributed by atoms with E-state index in [9.17, 15) is 9.59 Å². The number of halogens is 1. The summed E-state index contributed by atoms with van der Waals surface area (Å²) in [4.78, 5) is 31.2. The Labute approximate surface area is 149 Å². The number of aromatic nitrogens is 1. The Morgan fingerprint density at radius 3 is 2.62 bits per heavy atom. The molecule has 8 heteroatoms. The maximum absolute atomic E-state index is 11.2. The van der Waals surface area contributed by atoms with E-state index in [2.05, 4.69) is 15.3 Å². The minimum Gasteiger partial charge on any atom is -0.434 e. The topological polar surface area (TPSA) is 80.6 Å². The monoisotopic (exact) mass is 367 g/mol. The van der Waals surface area contributed by atoms with Gasteiger partial charge in [-0.15, -0.1) is 0 Å². The third-order valence-corrected chi connectivity index (χ3v) is 4.70. The van der Waals surface area contributed by atoms with Crippen LogP contribution in [0.4, 0.5) is 0 Å². The maximum Gasteiger partial charge on any atom is 0.305 e. The second-order valence-electron chi connectivity index (χ2n) is 5.09. The molecule has 3 rings (SSSR count). The van der Waals surface area contributed by atoms with Crippen molar-refractivity contribution < 1.29 is 14.3 Å². The van der Waals surface area contributed by atoms with Gasteiger partial charge in [0.05, 0.1) is 6.54 Å². The maximum atomic E-state index is 11.2. The highest BCUT2D eigenvalue weighted by atomic mass is 35.5. The number of esters is 1. The van der Waals surface area contributed by atoms with Gasteiger partial charge in [-0.3, -0.25) is 24.9 Å². The van der Waals surface area contributed by atoms with Crippen molar-refractivity contribution in [2.24, 2.45) is 4.99 Å². The highest BCUT2D eigenvalue weighted by Gasteiger charge is 2.42. The Morgan fingerprint density at radius 1 is 1.38 bits per heavy atom. The smallest absolute Gasteiger partial charge is 0.305 e. The van der Waals surface area contributed by atoms with E-state index in [1.807, 2.05) is 18.2 Å². The fourth-order valence-corrected chi connectivity index (χ4v) is 3.71. The van der Waals surface area contributed by atoms with E-state index in [0.29, 0.717) is 6.42 Å². The van der Waals surface area contributed by atoms with Crippen LogP contribution in [0.1, 0.15) is 19.8 Å². The standard InChI is InChI=1S/C11H13ClN2O3S.C5H5N/c1-7(15)17-11(14-6-10(12)16)4-8-5-13-3-2-9(8)18-11;1-2-4-6-5-3-1/h5,14H,2-4,6H2,1H3;1-5H. The lowest BCUT2D eigenvalue weighted by Gasteiger charge is -2.28. The molecule has 1 unspecified atom stereocenters. The normalized spacial score (nSPS) is 21.6. The second kappa shape index (κ2) is 8.96. The van der Waals surface area contributed by atoms with Crippen molar-refractivity contribution >= 4 is 40.8 Å². The number of ether oxygens (including phenoxy) is 1. The molecule has 1 atom stereocenters. The first-order chi connectivity index (χ1) is 11.5. The fourth-order valence-electron chi connectivity index (χ4n) is 2.26. The quantitative estimate of drug-likeness (QED) is 0.500. The lowest BCUT2D eigenvalue weighted by Crippen LogP contribution is -2.46. The van der Waals surface area contributed by atoms with Crippen LogP contribution in [-0.4, -0.2) is 40.6 Å². The minimum atomic E-state index is -0.919. The lowest BCUT2D eigenvalue weighted by molar-refractivity contribution is -0.150. The molecule has 0 spiro atoms. The van der Waals surface area contributed by atoms with Crippen molar-refractivity contribution in [2.75, 3.05) is 13.1 Å². The zero-order valence-corrected chi connectivity index (χ0v) is 14.8. The number of nitrogens with one attached hydrogen (secondary N) is 1. The summed E-state index contributed by atoms with van der Waals surface area (Å²) in [5.41, 5.74) is 1.06. The summed E-state index contributed by atoms with van der Waals surface area (Å²) in [6.07, 6.45) is 6.65. The average Bonchev–Trinajstić information content (AvgIpc) is 2.93. The molecule has 2 aliphatic rings. The molecule has 1 aromatic heterocycles. The molecule has 0 fully saturated rings. The number of carbonyl (C=O) groups is 2. The van der Waals surface area contributed by atoms with Gasteiger partial charge in [-0.2, -0.15) is 0 Å². The van der Waals surface area contributed by atoms with Crippen LogP contribution in [0.5, 0.6) is 0 Å². The molecule has 0 aromatic carbocycles. The molecule has 1 aromatic rings. The summed E-state index contributed by atoms with van der Waals surface area (Å²) in [6.45, 7) is 2.05. The third kappa shape index (κ3) is 5.74. The van der Waals surface area contributed by atoms with E-state index in [4.69, 9.17) is 16.3 Å². The van der Waals surface area contributed by atoms with E-state index in [-0.39, 0.29) is 6.54 Å². The summed E-state index contributed by atoms with van der Waals surface area (Å²) in [7, 11) is 0. The number of dihydropyridines is 1. The highest BCUT2D eigenvalue weighted by Crippen LogP contribution is 2.47. The van der Waals surface area contributed by atoms with Crippen LogP contribution < -0.4 is 5.32 Å². The Balaban J connectivity index is 0.000000292. The average molecular weight is 368 g/mol. The Morgan fingerprint density at radius 2 is 2.12 bits per heavy atom. The fraction of sp³-hybridized carbons (Fsp3) is 0.375. The molecule has 3 heterocycles. The van der Waals surface area contributed by atoms with Crippen molar-refractivity contribution in [1.29, 1.82) is 0 Å². The van der Waals surface area contributed by atoms with Gasteiger partial charge in [-0.05, 0) is 40.6 Å². The predicted octanol–water partition coefficient (Wildman–Crippen LogP) is 2.51. The van der Waals surface area contributed by atoms with Crippen LogP contribution in [0.3, 0.4) is 0 Å². The van der Waals surface area contributed by atoms with Crippen LogP contribution in [0.25, 0.3) is 0 Å². The molecule has 2 aliphatic heterocycles. The Bertz CT molecular complexity index is 625. The molecular weight excluding hydrogens is 350 g/mol. The summed E-state index contributed by atoms with van der Waals surface area (Å²) in [5, 5.41) is 1.48. The van der Waals surface area contributed by atoms with Crippen LogP contribution >= 0.6 is 23.4 Å². The first-order valence-electron chi connectivity index (χ1n) is 7.39. The third-order valence-electron chi connectivity index (χ3n) is 3.16. The zero-order valence-electron chi connectivity index (χ0n) is 13.2. The van der Waals surface area contributed by atoms with Gasteiger partial charge >= 0.3 is 5.97 Å². The minimum absolute atomic E-state index is 0.0421. The number of aliphatic imine (C=N–C) groups is 1. The highest BCUT2D eigenvalue weighted by molar-refractivity contribution is 8.04. The zero-order chi connectivity index (χ0) is 17.4. The molecular formula is C16H18ClN3O3S. The van der Waals surface area contributed by atoms with Crippen molar-refractivity contribution in [3.8, 4) is 0 Å². The number of thioether (sulfide) groups is 1. The van der Waals surface area contributed by atoms with Gasteiger partial charge in [0, 0.05) is 38.5 Å². The number of nitrogens with zero attached hydrogens (tertiary/aromatic N) is 2. The molecule has 0 bridgehead atoms. The molecule has 0 amide bonds. The Kier molecular flexibility index (Phi) is 6.96. The number of rotatable bonds is 4. The molecule has 24 heavy (non-hydrogen) atoms. The summed E-state index contributed by atoms with van der Waals surface area (Å²) >= 11 is 6.75. The summed E-state index contributed by atoms with van der Waals surface area (Å²) < 4.78 is 5.34. The molecule has 0 saturated heterocycles. The van der Waals surface area contributed by atoms with E-state index >= 15 is 0 Å². The number of hydrogen-bond acceptors (Lipinski definition) is 7.